The summed E-state index contributed by atoms with van der Waals surface area (Å²) in [6.07, 6.45) is 0.234. The molecule has 1 aliphatic rings. The number of nitrogens with one attached hydrogen (secondary N) is 1. The summed E-state index contributed by atoms with van der Waals surface area (Å²) in [6, 6.07) is 14.8. The highest BCUT2D eigenvalue weighted by Gasteiger charge is 2.22. The first kappa shape index (κ1) is 13.0. The number of hydrogen-bond donors (Lipinski definition) is 1. The summed E-state index contributed by atoms with van der Waals surface area (Å²) in [5.74, 6) is 1.34. The molecule has 4 rings (SSSR count). The number of epoxide rings is 1. The Morgan fingerprint density at radius 3 is 2.73 bits per heavy atom. The van der Waals surface area contributed by atoms with Gasteiger partial charge < -0.3 is 14.5 Å². The third-order valence-corrected chi connectivity index (χ3v) is 3.58. The van der Waals surface area contributed by atoms with Gasteiger partial charge >= 0.3 is 0 Å². The second-order valence-electron chi connectivity index (χ2n) is 5.22. The van der Waals surface area contributed by atoms with Crippen molar-refractivity contribution in [3.05, 3.63) is 58.9 Å². The van der Waals surface area contributed by atoms with E-state index in [1.807, 2.05) is 42.5 Å². The van der Waals surface area contributed by atoms with Crippen LogP contribution >= 0.6 is 0 Å². The lowest BCUT2D eigenvalue weighted by atomic mass is 10.2. The fraction of sp³-hybridized carbons (Fsp3) is 0.176. The van der Waals surface area contributed by atoms with Crippen LogP contribution in [0, 0.1) is 0 Å². The van der Waals surface area contributed by atoms with Gasteiger partial charge in [0.05, 0.1) is 17.5 Å². The van der Waals surface area contributed by atoms with E-state index < -0.39 is 0 Å². The highest BCUT2D eigenvalue weighted by molar-refractivity contribution is 5.79. The molecular formula is C17H14N2O3. The Morgan fingerprint density at radius 1 is 1.18 bits per heavy atom. The first-order chi connectivity index (χ1) is 10.8. The maximum Gasteiger partial charge on any atom is 0.259 e. The largest absolute Gasteiger partial charge is 0.491 e. The lowest BCUT2D eigenvalue weighted by Gasteiger charge is -2.06. The molecule has 0 saturated carbocycles. The van der Waals surface area contributed by atoms with Gasteiger partial charge in [-0.3, -0.25) is 4.79 Å². The molecule has 1 unspecified atom stereocenters. The lowest BCUT2D eigenvalue weighted by molar-refractivity contribution is 0.263. The molecule has 0 radical (unpaired) electrons. The second kappa shape index (κ2) is 5.27. The van der Waals surface area contributed by atoms with Crippen molar-refractivity contribution < 1.29 is 9.47 Å². The third kappa shape index (κ3) is 2.58. The van der Waals surface area contributed by atoms with E-state index in [9.17, 15) is 4.79 Å². The molecule has 1 fully saturated rings. The summed E-state index contributed by atoms with van der Waals surface area (Å²) in [4.78, 5) is 19.4. The van der Waals surface area contributed by atoms with Gasteiger partial charge in [-0.2, -0.15) is 0 Å². The monoisotopic (exact) mass is 294 g/mol. The number of H-pyrrole nitrogens is 1. The van der Waals surface area contributed by atoms with Crippen LogP contribution in [0.15, 0.2) is 53.3 Å². The van der Waals surface area contributed by atoms with Gasteiger partial charge in [0.15, 0.2) is 0 Å². The summed E-state index contributed by atoms with van der Waals surface area (Å²) in [7, 11) is 0. The minimum absolute atomic E-state index is 0.133. The number of fused-ring (bicyclic) bond motifs is 1. The molecule has 22 heavy (non-hydrogen) atoms. The smallest absolute Gasteiger partial charge is 0.259 e. The van der Waals surface area contributed by atoms with E-state index in [2.05, 4.69) is 9.97 Å². The van der Waals surface area contributed by atoms with Crippen molar-refractivity contribution in [2.24, 2.45) is 0 Å². The van der Waals surface area contributed by atoms with Gasteiger partial charge in [-0.15, -0.1) is 0 Å². The number of aromatic amines is 1. The Morgan fingerprint density at radius 2 is 1.95 bits per heavy atom. The molecule has 1 N–H and O–H groups in total. The maximum atomic E-state index is 12.1. The molecule has 1 atom stereocenters. The summed E-state index contributed by atoms with van der Waals surface area (Å²) in [5.41, 5.74) is 1.40. The molecule has 3 aromatic rings. The third-order valence-electron chi connectivity index (χ3n) is 3.58. The van der Waals surface area contributed by atoms with Crippen molar-refractivity contribution in [3.63, 3.8) is 0 Å². The fourth-order valence-corrected chi connectivity index (χ4v) is 2.29. The van der Waals surface area contributed by atoms with Crippen molar-refractivity contribution in [1.82, 2.24) is 9.97 Å². The van der Waals surface area contributed by atoms with E-state index in [0.717, 1.165) is 17.9 Å². The van der Waals surface area contributed by atoms with Crippen LogP contribution in [0.4, 0.5) is 0 Å². The van der Waals surface area contributed by atoms with Gasteiger partial charge in [-0.1, -0.05) is 12.1 Å². The zero-order valence-corrected chi connectivity index (χ0v) is 11.8. The molecular weight excluding hydrogens is 280 g/mol. The predicted molar refractivity (Wildman–Crippen MR) is 83.0 cm³/mol. The van der Waals surface area contributed by atoms with Crippen LogP contribution in [0.1, 0.15) is 0 Å². The molecule has 0 spiro atoms. The normalized spacial score (nSPS) is 16.6. The summed E-state index contributed by atoms with van der Waals surface area (Å²) in [6.45, 7) is 1.35. The first-order valence-corrected chi connectivity index (χ1v) is 7.13. The number of hydrogen-bond acceptors (Lipinski definition) is 4. The van der Waals surface area contributed by atoms with Crippen molar-refractivity contribution in [2.45, 2.75) is 6.10 Å². The molecule has 2 aromatic carbocycles. The van der Waals surface area contributed by atoms with E-state index in [-0.39, 0.29) is 11.7 Å². The highest BCUT2D eigenvalue weighted by atomic mass is 16.6. The van der Waals surface area contributed by atoms with Crippen molar-refractivity contribution in [1.29, 1.82) is 0 Å². The zero-order chi connectivity index (χ0) is 14.9. The van der Waals surface area contributed by atoms with Crippen LogP contribution in [0.2, 0.25) is 0 Å². The molecule has 1 aromatic heterocycles. The molecule has 1 aliphatic heterocycles. The average Bonchev–Trinajstić information content (AvgIpc) is 3.38. The van der Waals surface area contributed by atoms with Gasteiger partial charge in [0.1, 0.15) is 24.3 Å². The van der Waals surface area contributed by atoms with E-state index in [0.29, 0.717) is 23.3 Å². The van der Waals surface area contributed by atoms with Crippen LogP contribution in [-0.2, 0) is 4.74 Å². The van der Waals surface area contributed by atoms with Gasteiger partial charge in [-0.25, -0.2) is 4.98 Å². The molecule has 5 nitrogen and oxygen atoms in total. The number of aromatic nitrogens is 2. The first-order valence-electron chi connectivity index (χ1n) is 7.13. The number of ether oxygens (including phenoxy) is 2. The Balaban J connectivity index is 1.64. The van der Waals surface area contributed by atoms with E-state index in [4.69, 9.17) is 9.47 Å². The Hall–Kier alpha value is -2.66. The number of para-hydroxylation sites is 1. The van der Waals surface area contributed by atoms with Gasteiger partial charge in [-0.05, 0) is 36.4 Å². The lowest BCUT2D eigenvalue weighted by Crippen LogP contribution is -2.09. The summed E-state index contributed by atoms with van der Waals surface area (Å²) < 4.78 is 10.7. The van der Waals surface area contributed by atoms with Crippen LogP contribution in [0.25, 0.3) is 22.3 Å². The van der Waals surface area contributed by atoms with Crippen molar-refractivity contribution in [2.75, 3.05) is 13.2 Å². The van der Waals surface area contributed by atoms with Crippen molar-refractivity contribution in [3.8, 4) is 17.1 Å². The molecule has 5 heteroatoms. The maximum absolute atomic E-state index is 12.1. The second-order valence-corrected chi connectivity index (χ2v) is 5.22. The average molecular weight is 294 g/mol. The van der Waals surface area contributed by atoms with E-state index in [1.54, 1.807) is 6.07 Å². The zero-order valence-electron chi connectivity index (χ0n) is 11.8. The van der Waals surface area contributed by atoms with Crippen molar-refractivity contribution >= 4 is 10.9 Å². The van der Waals surface area contributed by atoms with E-state index in [1.165, 1.54) is 0 Å². The van der Waals surface area contributed by atoms with Crippen LogP contribution in [-0.4, -0.2) is 29.3 Å². The molecule has 2 heterocycles. The van der Waals surface area contributed by atoms with Gasteiger partial charge in [0.25, 0.3) is 5.56 Å². The summed E-state index contributed by atoms with van der Waals surface area (Å²) >= 11 is 0. The van der Waals surface area contributed by atoms with Gasteiger partial charge in [0.2, 0.25) is 0 Å². The minimum atomic E-state index is -0.133. The topological polar surface area (TPSA) is 67.5 Å². The quantitative estimate of drug-likeness (QED) is 0.750. The molecule has 0 amide bonds. The SMILES string of the molecule is O=c1[nH]c(-c2ccc(OCC3CO3)cc2)nc2ccccc12. The number of benzene rings is 2. The standard InChI is InChI=1S/C17H14N2O3/c20-17-14-3-1-2-4-15(14)18-16(19-17)11-5-7-12(8-6-11)21-9-13-10-22-13/h1-8,13H,9-10H2,(H,18,19,20). The Labute approximate surface area is 126 Å². The Kier molecular flexibility index (Phi) is 3.12. The van der Waals surface area contributed by atoms with Gasteiger partial charge in [0, 0.05) is 5.56 Å². The molecule has 1 saturated heterocycles. The van der Waals surface area contributed by atoms with Crippen LogP contribution in [0.5, 0.6) is 5.75 Å². The van der Waals surface area contributed by atoms with E-state index >= 15 is 0 Å². The fourth-order valence-electron chi connectivity index (χ4n) is 2.29. The summed E-state index contributed by atoms with van der Waals surface area (Å²) in [5, 5.41) is 0.593. The molecule has 0 bridgehead atoms. The molecule has 0 aliphatic carbocycles. The molecule has 110 valence electrons. The number of nitrogens with zero attached hydrogens (tertiary/aromatic N) is 1. The predicted octanol–water partition coefficient (Wildman–Crippen LogP) is 2.37. The van der Waals surface area contributed by atoms with Crippen LogP contribution in [0.3, 0.4) is 0 Å². The Bertz CT molecular complexity index is 867. The van der Waals surface area contributed by atoms with Crippen LogP contribution < -0.4 is 10.3 Å². The minimum Gasteiger partial charge on any atom is -0.491 e. The highest BCUT2D eigenvalue weighted by Crippen LogP contribution is 2.21. The number of rotatable bonds is 4.